The minimum atomic E-state index is -3.46. The van der Waals surface area contributed by atoms with E-state index in [1.807, 2.05) is 13.1 Å². The highest BCUT2D eigenvalue weighted by atomic mass is 79.9. The molecule has 1 unspecified atom stereocenters. The van der Waals surface area contributed by atoms with E-state index in [1.54, 1.807) is 12.1 Å². The Kier molecular flexibility index (Phi) is 4.07. The number of hydrogen-bond acceptors (Lipinski definition) is 3. The topological polar surface area (TPSA) is 58.2 Å². The summed E-state index contributed by atoms with van der Waals surface area (Å²) < 4.78 is 28.1. The van der Waals surface area contributed by atoms with Crippen LogP contribution in [0.3, 0.4) is 0 Å². The maximum absolute atomic E-state index is 12.4. The van der Waals surface area contributed by atoms with Crippen molar-refractivity contribution >= 4 is 26.0 Å². The summed E-state index contributed by atoms with van der Waals surface area (Å²) in [7, 11) is -1.63. The molecule has 1 aliphatic carbocycles. The predicted molar refractivity (Wildman–Crippen MR) is 79.4 cm³/mol. The maximum Gasteiger partial charge on any atom is 0.241 e. The zero-order valence-corrected chi connectivity index (χ0v) is 13.7. The number of nitrogens with one attached hydrogen (secondary N) is 2. The fourth-order valence-corrected chi connectivity index (χ4v) is 4.41. The zero-order chi connectivity index (χ0) is 14.3. The van der Waals surface area contributed by atoms with Crippen LogP contribution in [0.15, 0.2) is 27.6 Å². The van der Waals surface area contributed by atoms with Gasteiger partial charge in [-0.3, -0.25) is 0 Å². The van der Waals surface area contributed by atoms with Crippen molar-refractivity contribution in [1.82, 2.24) is 10.0 Å². The van der Waals surface area contributed by atoms with Crippen molar-refractivity contribution in [2.75, 3.05) is 7.05 Å². The van der Waals surface area contributed by atoms with Crippen LogP contribution in [0.4, 0.5) is 0 Å². The highest BCUT2D eigenvalue weighted by molar-refractivity contribution is 9.10. The van der Waals surface area contributed by atoms with Gasteiger partial charge in [0, 0.05) is 17.1 Å². The molecule has 0 spiro atoms. The molecule has 2 rings (SSSR count). The lowest BCUT2D eigenvalue weighted by molar-refractivity contribution is 0.554. The molecule has 0 heterocycles. The van der Waals surface area contributed by atoms with Gasteiger partial charge in [-0.15, -0.1) is 0 Å². The molecule has 106 valence electrons. The van der Waals surface area contributed by atoms with E-state index in [2.05, 4.69) is 39.8 Å². The lowest BCUT2D eigenvalue weighted by Gasteiger charge is -2.11. The molecule has 0 saturated heterocycles. The Morgan fingerprint density at radius 2 is 2.05 bits per heavy atom. The molecule has 0 radical (unpaired) electrons. The summed E-state index contributed by atoms with van der Waals surface area (Å²) in [5.74, 6) is 0. The van der Waals surface area contributed by atoms with Crippen LogP contribution in [-0.4, -0.2) is 21.5 Å². The van der Waals surface area contributed by atoms with Gasteiger partial charge in [0.05, 0.1) is 4.90 Å². The van der Waals surface area contributed by atoms with Gasteiger partial charge in [-0.25, -0.2) is 13.1 Å². The highest BCUT2D eigenvalue weighted by Gasteiger charge is 2.48. The molecule has 1 aliphatic rings. The first kappa shape index (κ1) is 15.0. The van der Waals surface area contributed by atoms with Gasteiger partial charge in [0.2, 0.25) is 10.0 Å². The van der Waals surface area contributed by atoms with Gasteiger partial charge < -0.3 is 5.32 Å². The van der Waals surface area contributed by atoms with Gasteiger partial charge in [0.1, 0.15) is 0 Å². The van der Waals surface area contributed by atoms with Crippen molar-refractivity contribution in [2.24, 2.45) is 5.41 Å². The second-order valence-electron chi connectivity index (χ2n) is 5.66. The molecule has 1 saturated carbocycles. The third kappa shape index (κ3) is 3.37. The molecule has 4 nitrogen and oxygen atoms in total. The van der Waals surface area contributed by atoms with E-state index in [4.69, 9.17) is 0 Å². The predicted octanol–water partition coefficient (Wildman–Crippen LogP) is 2.25. The van der Waals surface area contributed by atoms with Crippen LogP contribution in [-0.2, 0) is 16.6 Å². The number of hydrogen-bond donors (Lipinski definition) is 2. The Morgan fingerprint density at radius 1 is 1.42 bits per heavy atom. The van der Waals surface area contributed by atoms with Crippen LogP contribution in [0.1, 0.15) is 25.8 Å². The van der Waals surface area contributed by atoms with Crippen molar-refractivity contribution in [2.45, 2.75) is 37.8 Å². The van der Waals surface area contributed by atoms with E-state index in [0.717, 1.165) is 12.0 Å². The smallest absolute Gasteiger partial charge is 0.241 e. The Labute approximate surface area is 123 Å². The molecule has 19 heavy (non-hydrogen) atoms. The van der Waals surface area contributed by atoms with Gasteiger partial charge in [0.15, 0.2) is 0 Å². The van der Waals surface area contributed by atoms with Crippen molar-refractivity contribution in [3.8, 4) is 0 Å². The highest BCUT2D eigenvalue weighted by Crippen LogP contribution is 2.45. The molecule has 2 N–H and O–H groups in total. The lowest BCUT2D eigenvalue weighted by Crippen LogP contribution is -2.29. The molecule has 0 aromatic heterocycles. The number of halogens is 1. The minimum Gasteiger partial charge on any atom is -0.316 e. The molecule has 0 aliphatic heterocycles. The van der Waals surface area contributed by atoms with E-state index in [0.29, 0.717) is 15.9 Å². The van der Waals surface area contributed by atoms with Gasteiger partial charge in [-0.05, 0) is 52.5 Å². The molecule has 0 bridgehead atoms. The first-order chi connectivity index (χ1) is 8.76. The van der Waals surface area contributed by atoms with Crippen molar-refractivity contribution < 1.29 is 8.42 Å². The van der Waals surface area contributed by atoms with Crippen LogP contribution in [0, 0.1) is 5.41 Å². The van der Waals surface area contributed by atoms with Crippen LogP contribution >= 0.6 is 15.9 Å². The number of sulfonamides is 1. The van der Waals surface area contributed by atoms with Gasteiger partial charge >= 0.3 is 0 Å². The summed E-state index contributed by atoms with van der Waals surface area (Å²) >= 11 is 3.32. The van der Waals surface area contributed by atoms with Crippen molar-refractivity contribution in [3.63, 3.8) is 0 Å². The van der Waals surface area contributed by atoms with Crippen LogP contribution < -0.4 is 10.0 Å². The number of rotatable bonds is 5. The Morgan fingerprint density at radius 3 is 2.58 bits per heavy atom. The normalized spacial score (nSPS) is 21.4. The van der Waals surface area contributed by atoms with Crippen molar-refractivity contribution in [1.29, 1.82) is 0 Å². The third-order valence-corrected chi connectivity index (χ3v) is 5.94. The first-order valence-corrected chi connectivity index (χ1v) is 8.49. The average Bonchev–Trinajstić information content (AvgIpc) is 2.87. The minimum absolute atomic E-state index is 0.0392. The van der Waals surface area contributed by atoms with Crippen LogP contribution in [0.5, 0.6) is 0 Å². The Balaban J connectivity index is 2.26. The molecule has 1 aromatic carbocycles. The van der Waals surface area contributed by atoms with Gasteiger partial charge in [-0.2, -0.15) is 0 Å². The largest absolute Gasteiger partial charge is 0.316 e. The van der Waals surface area contributed by atoms with Gasteiger partial charge in [-0.1, -0.05) is 19.9 Å². The van der Waals surface area contributed by atoms with Crippen LogP contribution in [0.25, 0.3) is 0 Å². The third-order valence-electron chi connectivity index (χ3n) is 3.48. The Hall–Kier alpha value is -0.430. The fourth-order valence-electron chi connectivity index (χ4n) is 1.99. The van der Waals surface area contributed by atoms with E-state index in [-0.39, 0.29) is 11.5 Å². The first-order valence-electron chi connectivity index (χ1n) is 6.21. The zero-order valence-electron chi connectivity index (χ0n) is 11.3. The maximum atomic E-state index is 12.4. The molecule has 1 atom stereocenters. The summed E-state index contributed by atoms with van der Waals surface area (Å²) in [5, 5.41) is 3.02. The lowest BCUT2D eigenvalue weighted by atomic mass is 10.2. The van der Waals surface area contributed by atoms with Crippen LogP contribution in [0.2, 0.25) is 0 Å². The van der Waals surface area contributed by atoms with E-state index < -0.39 is 10.0 Å². The summed E-state index contributed by atoms with van der Waals surface area (Å²) in [6, 6.07) is 5.43. The van der Waals surface area contributed by atoms with E-state index in [9.17, 15) is 8.42 Å². The second-order valence-corrected chi connectivity index (χ2v) is 8.20. The standard InChI is InChI=1S/C13H19BrN2O2S/c1-13(2)7-12(13)16-19(17,18)11-6-9(8-15-3)4-5-10(11)14/h4-6,12,15-16H,7-8H2,1-3H3. The fraction of sp³-hybridized carbons (Fsp3) is 0.538. The molecule has 1 aromatic rings. The van der Waals surface area contributed by atoms with E-state index >= 15 is 0 Å². The molecule has 6 heteroatoms. The van der Waals surface area contributed by atoms with Gasteiger partial charge in [0.25, 0.3) is 0 Å². The summed E-state index contributed by atoms with van der Waals surface area (Å²) in [4.78, 5) is 0.308. The molecule has 0 amide bonds. The molecule has 1 fully saturated rings. The van der Waals surface area contributed by atoms with Crippen molar-refractivity contribution in [3.05, 3.63) is 28.2 Å². The number of benzene rings is 1. The molecular weight excluding hydrogens is 328 g/mol. The average molecular weight is 347 g/mol. The monoisotopic (exact) mass is 346 g/mol. The van der Waals surface area contributed by atoms with E-state index in [1.165, 1.54) is 0 Å². The second kappa shape index (κ2) is 5.16. The summed E-state index contributed by atoms with van der Waals surface area (Å²) in [6.45, 7) is 4.77. The molecular formula is C13H19BrN2O2S. The SMILES string of the molecule is CNCc1ccc(Br)c(S(=O)(=O)NC2CC2(C)C)c1. The summed E-state index contributed by atoms with van der Waals surface area (Å²) in [5.41, 5.74) is 1.02. The summed E-state index contributed by atoms with van der Waals surface area (Å²) in [6.07, 6.45) is 0.889. The quantitative estimate of drug-likeness (QED) is 0.859. The Bertz CT molecular complexity index is 584.